The topological polar surface area (TPSA) is 71.3 Å². The van der Waals surface area contributed by atoms with Gasteiger partial charge in [0.25, 0.3) is 11.8 Å². The number of carbonyl (C=O) groups excluding carboxylic acids is 2. The Labute approximate surface area is 168 Å². The molecule has 0 aliphatic heterocycles. The highest BCUT2D eigenvalue weighted by molar-refractivity contribution is 7.14. The summed E-state index contributed by atoms with van der Waals surface area (Å²) < 4.78 is 45.5. The molecule has 5 nitrogen and oxygen atoms in total. The van der Waals surface area contributed by atoms with Crippen LogP contribution < -0.4 is 10.6 Å². The van der Waals surface area contributed by atoms with Crippen LogP contribution in [0.5, 0.6) is 0 Å². The van der Waals surface area contributed by atoms with Crippen molar-refractivity contribution in [3.63, 3.8) is 0 Å². The van der Waals surface area contributed by atoms with E-state index in [2.05, 4.69) is 10.6 Å². The molecule has 0 radical (unpaired) electrons. The Bertz CT molecular complexity index is 1040. The second-order valence-corrected chi connectivity index (χ2v) is 7.45. The van der Waals surface area contributed by atoms with Gasteiger partial charge in [-0.2, -0.15) is 13.2 Å². The number of furan rings is 1. The molecule has 0 saturated heterocycles. The Kier molecular flexibility index (Phi) is 5.78. The van der Waals surface area contributed by atoms with E-state index in [1.165, 1.54) is 35.8 Å². The van der Waals surface area contributed by atoms with Gasteiger partial charge in [-0.05, 0) is 55.3 Å². The van der Waals surface area contributed by atoms with Crippen molar-refractivity contribution in [1.29, 1.82) is 0 Å². The quantitative estimate of drug-likeness (QED) is 0.551. The van der Waals surface area contributed by atoms with E-state index in [0.29, 0.717) is 4.88 Å². The van der Waals surface area contributed by atoms with Crippen LogP contribution in [0.15, 0.2) is 47.1 Å². The van der Waals surface area contributed by atoms with Gasteiger partial charge in [0.05, 0.1) is 22.4 Å². The summed E-state index contributed by atoms with van der Waals surface area (Å²) >= 11 is 1.23. The maximum Gasteiger partial charge on any atom is 0.418 e. The van der Waals surface area contributed by atoms with E-state index in [1.807, 2.05) is 13.8 Å². The molecule has 152 valence electrons. The van der Waals surface area contributed by atoms with Gasteiger partial charge < -0.3 is 15.1 Å². The molecule has 3 aromatic rings. The van der Waals surface area contributed by atoms with E-state index in [0.717, 1.165) is 29.0 Å². The van der Waals surface area contributed by atoms with Gasteiger partial charge in [0.1, 0.15) is 0 Å². The summed E-state index contributed by atoms with van der Waals surface area (Å²) in [5.74, 6) is -1.33. The molecule has 0 spiro atoms. The zero-order chi connectivity index (χ0) is 21.2. The minimum atomic E-state index is -4.73. The number of anilines is 2. The largest absolute Gasteiger partial charge is 0.459 e. The van der Waals surface area contributed by atoms with Crippen LogP contribution in [0.4, 0.5) is 24.5 Å². The molecule has 0 aliphatic rings. The lowest BCUT2D eigenvalue weighted by Gasteiger charge is -2.15. The van der Waals surface area contributed by atoms with E-state index >= 15 is 0 Å². The summed E-state index contributed by atoms with van der Waals surface area (Å²) in [6.07, 6.45) is -2.72. The molecule has 9 heteroatoms. The number of nitrogens with one attached hydrogen (secondary N) is 2. The second kappa shape index (κ2) is 8.12. The first-order chi connectivity index (χ1) is 13.7. The van der Waals surface area contributed by atoms with E-state index < -0.39 is 23.6 Å². The Morgan fingerprint density at radius 2 is 1.86 bits per heavy atom. The van der Waals surface area contributed by atoms with E-state index in [1.54, 1.807) is 6.07 Å². The Morgan fingerprint density at radius 3 is 2.45 bits per heavy atom. The lowest BCUT2D eigenvalue weighted by Crippen LogP contribution is -2.17. The highest BCUT2D eigenvalue weighted by Crippen LogP contribution is 2.37. The molecule has 2 aromatic heterocycles. The number of alkyl halides is 3. The highest BCUT2D eigenvalue weighted by Gasteiger charge is 2.34. The van der Waals surface area contributed by atoms with Crippen molar-refractivity contribution in [2.24, 2.45) is 0 Å². The molecular formula is C20H17F3N2O3S. The second-order valence-electron chi connectivity index (χ2n) is 6.19. The van der Waals surface area contributed by atoms with Gasteiger partial charge in [0.2, 0.25) is 0 Å². The monoisotopic (exact) mass is 422 g/mol. The smallest absolute Gasteiger partial charge is 0.418 e. The first kappa shape index (κ1) is 20.7. The summed E-state index contributed by atoms with van der Waals surface area (Å²) in [6, 6.07) is 7.73. The fraction of sp³-hybridized carbons (Fsp3) is 0.200. The molecule has 1 aromatic carbocycles. The molecule has 29 heavy (non-hydrogen) atoms. The summed E-state index contributed by atoms with van der Waals surface area (Å²) in [5, 5.41) is 4.67. The van der Waals surface area contributed by atoms with E-state index in [-0.39, 0.29) is 17.1 Å². The first-order valence-electron chi connectivity index (χ1n) is 8.65. The number of amides is 2. The Morgan fingerprint density at radius 1 is 1.10 bits per heavy atom. The molecule has 0 saturated carbocycles. The summed E-state index contributed by atoms with van der Waals surface area (Å²) in [7, 11) is 0. The number of rotatable bonds is 5. The van der Waals surface area contributed by atoms with Gasteiger partial charge in [0, 0.05) is 10.6 Å². The number of hydrogen-bond acceptors (Lipinski definition) is 4. The van der Waals surface area contributed by atoms with Gasteiger partial charge >= 0.3 is 6.18 Å². The number of halogens is 3. The number of carbonyl (C=O) groups is 2. The third kappa shape index (κ3) is 4.68. The van der Waals surface area contributed by atoms with E-state index in [9.17, 15) is 22.8 Å². The maximum atomic E-state index is 13.5. The van der Waals surface area contributed by atoms with Gasteiger partial charge in [0.15, 0.2) is 5.76 Å². The molecule has 0 bridgehead atoms. The molecule has 0 aliphatic carbocycles. The third-order valence-electron chi connectivity index (χ3n) is 4.20. The van der Waals surface area contributed by atoms with Crippen LogP contribution in [0.1, 0.15) is 43.2 Å². The number of benzene rings is 1. The average Bonchev–Trinajstić information content (AvgIpc) is 3.31. The van der Waals surface area contributed by atoms with Crippen molar-refractivity contribution in [1.82, 2.24) is 0 Å². The van der Waals surface area contributed by atoms with Crippen LogP contribution in [0.3, 0.4) is 0 Å². The average molecular weight is 422 g/mol. The first-order valence-corrected chi connectivity index (χ1v) is 9.47. The summed E-state index contributed by atoms with van der Waals surface area (Å²) in [6.45, 7) is 3.80. The minimum absolute atomic E-state index is 0.0317. The van der Waals surface area contributed by atoms with Crippen molar-refractivity contribution < 1.29 is 27.2 Å². The van der Waals surface area contributed by atoms with Crippen LogP contribution in [0.2, 0.25) is 0 Å². The third-order valence-corrected chi connectivity index (χ3v) is 5.29. The van der Waals surface area contributed by atoms with Gasteiger partial charge in [-0.1, -0.05) is 6.92 Å². The number of hydrogen-bond donors (Lipinski definition) is 2. The van der Waals surface area contributed by atoms with Crippen LogP contribution in [0.25, 0.3) is 0 Å². The van der Waals surface area contributed by atoms with Crippen LogP contribution in [0, 0.1) is 6.92 Å². The molecule has 0 unspecified atom stereocenters. The Balaban J connectivity index is 1.86. The van der Waals surface area contributed by atoms with E-state index in [4.69, 9.17) is 4.42 Å². The predicted octanol–water partition coefficient (Wildman–Crippen LogP) is 5.74. The fourth-order valence-corrected chi connectivity index (χ4v) is 3.74. The van der Waals surface area contributed by atoms with Crippen molar-refractivity contribution in [2.45, 2.75) is 26.4 Å². The lowest BCUT2D eigenvalue weighted by atomic mass is 10.1. The van der Waals surface area contributed by atoms with Crippen LogP contribution in [-0.4, -0.2) is 11.8 Å². The molecule has 3 rings (SSSR count). The minimum Gasteiger partial charge on any atom is -0.459 e. The van der Waals surface area contributed by atoms with Crippen molar-refractivity contribution in [3.8, 4) is 0 Å². The molecule has 2 heterocycles. The SMILES string of the molecule is CCc1cc(C(=O)Nc2ccc(NC(=O)c3ccco3)cc2C(F)(F)F)sc1C. The van der Waals surface area contributed by atoms with Crippen LogP contribution >= 0.6 is 11.3 Å². The standard InChI is InChI=1S/C20H17F3N2O3S/c1-3-12-9-17(29-11(12)2)19(27)25-15-7-6-13(10-14(15)20(21,22)23)24-18(26)16-5-4-8-28-16/h4-10H,3H2,1-2H3,(H,24,26)(H,25,27). The lowest BCUT2D eigenvalue weighted by molar-refractivity contribution is -0.136. The molecule has 2 N–H and O–H groups in total. The molecule has 0 fully saturated rings. The molecule has 0 atom stereocenters. The predicted molar refractivity (Wildman–Crippen MR) is 104 cm³/mol. The van der Waals surface area contributed by atoms with Crippen molar-refractivity contribution in [2.75, 3.05) is 10.6 Å². The highest BCUT2D eigenvalue weighted by atomic mass is 32.1. The fourth-order valence-electron chi connectivity index (χ4n) is 2.73. The summed E-state index contributed by atoms with van der Waals surface area (Å²) in [5.41, 5.74) is -0.543. The van der Waals surface area contributed by atoms with Gasteiger partial charge in [-0.25, -0.2) is 0 Å². The zero-order valence-electron chi connectivity index (χ0n) is 15.5. The number of aryl methyl sites for hydroxylation is 2. The van der Waals surface area contributed by atoms with Gasteiger partial charge in [-0.15, -0.1) is 11.3 Å². The van der Waals surface area contributed by atoms with Crippen molar-refractivity contribution >= 4 is 34.5 Å². The van der Waals surface area contributed by atoms with Crippen molar-refractivity contribution in [3.05, 3.63) is 69.3 Å². The Hall–Kier alpha value is -3.07. The normalized spacial score (nSPS) is 11.3. The molecule has 2 amide bonds. The zero-order valence-corrected chi connectivity index (χ0v) is 16.3. The van der Waals surface area contributed by atoms with Crippen LogP contribution in [-0.2, 0) is 12.6 Å². The molecular weight excluding hydrogens is 405 g/mol. The summed E-state index contributed by atoms with van der Waals surface area (Å²) in [4.78, 5) is 25.7. The maximum absolute atomic E-state index is 13.5. The van der Waals surface area contributed by atoms with Gasteiger partial charge in [-0.3, -0.25) is 9.59 Å². The number of thiophene rings is 1.